The van der Waals surface area contributed by atoms with Crippen LogP contribution in [0.1, 0.15) is 5.56 Å². The lowest BCUT2D eigenvalue weighted by molar-refractivity contribution is 0.628. The fourth-order valence-electron chi connectivity index (χ4n) is 1.51. The molecule has 1 N–H and O–H groups in total. The minimum Gasteiger partial charge on any atom is -0.357 e. The second kappa shape index (κ2) is 4.67. The van der Waals surface area contributed by atoms with Crippen LogP contribution in [0, 0.1) is 12.7 Å². The minimum absolute atomic E-state index is 0.339. The first-order valence-corrected chi connectivity index (χ1v) is 5.46. The molecule has 1 heterocycles. The molecule has 0 aliphatic heterocycles. The van der Waals surface area contributed by atoms with E-state index in [1.54, 1.807) is 13.2 Å². The van der Waals surface area contributed by atoms with E-state index in [2.05, 4.69) is 15.3 Å². The second-order valence-electron chi connectivity index (χ2n) is 3.60. The Balaban J connectivity index is 2.62. The fourth-order valence-corrected chi connectivity index (χ4v) is 1.72. The minimum atomic E-state index is -0.339. The number of benzene rings is 1. The number of halogens is 2. The van der Waals surface area contributed by atoms with Crippen molar-refractivity contribution >= 4 is 17.5 Å². The average Bonchev–Trinajstić information content (AvgIpc) is 2.33. The van der Waals surface area contributed by atoms with E-state index in [1.165, 1.54) is 18.2 Å². The number of nitrogens with zero attached hydrogens (tertiary/aromatic N) is 2. The van der Waals surface area contributed by atoms with E-state index >= 15 is 0 Å². The Morgan fingerprint density at radius 3 is 2.82 bits per heavy atom. The summed E-state index contributed by atoms with van der Waals surface area (Å²) in [7, 11) is 1.72. The maximum atomic E-state index is 13.2. The van der Waals surface area contributed by atoms with Crippen molar-refractivity contribution in [2.24, 2.45) is 0 Å². The Labute approximate surface area is 104 Å². The molecule has 0 amide bonds. The summed E-state index contributed by atoms with van der Waals surface area (Å²) in [5, 5.41) is 3.31. The van der Waals surface area contributed by atoms with E-state index in [4.69, 9.17) is 11.6 Å². The van der Waals surface area contributed by atoms with Gasteiger partial charge in [0.25, 0.3) is 0 Å². The Bertz CT molecular complexity index is 557. The molecule has 2 rings (SSSR count). The summed E-state index contributed by atoms with van der Waals surface area (Å²) in [6, 6.07) is 4.21. The highest BCUT2D eigenvalue weighted by atomic mass is 35.5. The summed E-state index contributed by atoms with van der Waals surface area (Å²) < 4.78 is 13.2. The third-order valence-electron chi connectivity index (χ3n) is 2.38. The van der Waals surface area contributed by atoms with Crippen molar-refractivity contribution in [1.29, 1.82) is 0 Å². The largest absolute Gasteiger partial charge is 0.357 e. The number of aryl methyl sites for hydroxylation is 1. The van der Waals surface area contributed by atoms with Crippen molar-refractivity contribution in [1.82, 2.24) is 9.97 Å². The van der Waals surface area contributed by atoms with Crippen molar-refractivity contribution in [2.75, 3.05) is 12.4 Å². The quantitative estimate of drug-likeness (QED) is 0.890. The summed E-state index contributed by atoms with van der Waals surface area (Å²) >= 11 is 6.05. The fraction of sp³-hybridized carbons (Fsp3) is 0.167. The van der Waals surface area contributed by atoms with E-state index in [9.17, 15) is 4.39 Å². The first-order chi connectivity index (χ1) is 8.11. The summed E-state index contributed by atoms with van der Waals surface area (Å²) in [4.78, 5) is 8.37. The third-order valence-corrected chi connectivity index (χ3v) is 2.71. The molecule has 0 radical (unpaired) electrons. The van der Waals surface area contributed by atoms with Crippen molar-refractivity contribution in [3.63, 3.8) is 0 Å². The molecule has 0 spiro atoms. The van der Waals surface area contributed by atoms with Gasteiger partial charge in [-0.15, -0.1) is 0 Å². The molecule has 88 valence electrons. The molecular weight excluding hydrogens is 241 g/mol. The Morgan fingerprint density at radius 2 is 2.12 bits per heavy atom. The average molecular weight is 252 g/mol. The Morgan fingerprint density at radius 1 is 1.35 bits per heavy atom. The van der Waals surface area contributed by atoms with Gasteiger partial charge in [-0.05, 0) is 30.7 Å². The molecule has 5 heteroatoms. The van der Waals surface area contributed by atoms with Gasteiger partial charge in [-0.25, -0.2) is 14.4 Å². The summed E-state index contributed by atoms with van der Waals surface area (Å²) in [5.41, 5.74) is 2.05. The van der Waals surface area contributed by atoms with Crippen LogP contribution >= 0.6 is 11.6 Å². The predicted molar refractivity (Wildman–Crippen MR) is 66.7 cm³/mol. The van der Waals surface area contributed by atoms with Crippen LogP contribution in [0.3, 0.4) is 0 Å². The van der Waals surface area contributed by atoms with Crippen LogP contribution in [0.2, 0.25) is 5.02 Å². The van der Waals surface area contributed by atoms with Crippen LogP contribution in [0.4, 0.5) is 10.3 Å². The molecule has 1 aromatic heterocycles. The van der Waals surface area contributed by atoms with Gasteiger partial charge in [0.2, 0.25) is 5.95 Å². The smallest absolute Gasteiger partial charge is 0.222 e. The molecule has 0 fully saturated rings. The molecule has 0 aliphatic rings. The van der Waals surface area contributed by atoms with Crippen molar-refractivity contribution in [3.05, 3.63) is 40.8 Å². The summed E-state index contributed by atoms with van der Waals surface area (Å²) in [6.07, 6.45) is 1.68. The lowest BCUT2D eigenvalue weighted by Gasteiger charge is -2.08. The van der Waals surface area contributed by atoms with E-state index in [0.717, 1.165) is 5.56 Å². The molecule has 17 heavy (non-hydrogen) atoms. The standard InChI is InChI=1S/C12H11ClFN3/c1-7-6-16-12(15-2)17-11(7)9-5-8(14)3-4-10(9)13/h3-6H,1-2H3,(H,15,16,17). The zero-order valence-electron chi connectivity index (χ0n) is 9.46. The van der Waals surface area contributed by atoms with E-state index in [0.29, 0.717) is 22.2 Å². The van der Waals surface area contributed by atoms with E-state index < -0.39 is 0 Å². The number of aromatic nitrogens is 2. The SMILES string of the molecule is CNc1ncc(C)c(-c2cc(F)ccc2Cl)n1. The van der Waals surface area contributed by atoms with Gasteiger partial charge in [0.05, 0.1) is 10.7 Å². The maximum absolute atomic E-state index is 13.2. The van der Waals surface area contributed by atoms with Crippen LogP contribution < -0.4 is 5.32 Å². The van der Waals surface area contributed by atoms with E-state index in [-0.39, 0.29) is 5.82 Å². The first-order valence-electron chi connectivity index (χ1n) is 5.08. The lowest BCUT2D eigenvalue weighted by atomic mass is 10.1. The molecule has 1 aromatic carbocycles. The van der Waals surface area contributed by atoms with Crippen LogP contribution in [-0.4, -0.2) is 17.0 Å². The predicted octanol–water partition coefficient (Wildman–Crippen LogP) is 3.29. The van der Waals surface area contributed by atoms with Gasteiger partial charge >= 0.3 is 0 Å². The molecule has 0 atom stereocenters. The number of rotatable bonds is 2. The van der Waals surface area contributed by atoms with Crippen LogP contribution in [0.5, 0.6) is 0 Å². The second-order valence-corrected chi connectivity index (χ2v) is 4.01. The van der Waals surface area contributed by atoms with Gasteiger partial charge in [-0.2, -0.15) is 0 Å². The number of anilines is 1. The van der Waals surface area contributed by atoms with Gasteiger partial charge in [0.15, 0.2) is 0 Å². The van der Waals surface area contributed by atoms with E-state index in [1.807, 2.05) is 6.92 Å². The zero-order valence-corrected chi connectivity index (χ0v) is 10.2. The highest BCUT2D eigenvalue weighted by Gasteiger charge is 2.10. The number of hydrogen-bond acceptors (Lipinski definition) is 3. The number of hydrogen-bond donors (Lipinski definition) is 1. The normalized spacial score (nSPS) is 10.4. The topological polar surface area (TPSA) is 37.8 Å². The monoisotopic (exact) mass is 251 g/mol. The van der Waals surface area contributed by atoms with Gasteiger partial charge < -0.3 is 5.32 Å². The van der Waals surface area contributed by atoms with Crippen LogP contribution in [0.15, 0.2) is 24.4 Å². The highest BCUT2D eigenvalue weighted by molar-refractivity contribution is 6.33. The zero-order chi connectivity index (χ0) is 12.4. The molecule has 0 bridgehead atoms. The highest BCUT2D eigenvalue weighted by Crippen LogP contribution is 2.29. The summed E-state index contributed by atoms with van der Waals surface area (Å²) in [5.74, 6) is 0.138. The lowest BCUT2D eigenvalue weighted by Crippen LogP contribution is -1.99. The van der Waals surface area contributed by atoms with Gasteiger partial charge in [0.1, 0.15) is 5.82 Å². The van der Waals surface area contributed by atoms with Gasteiger partial charge in [0, 0.05) is 18.8 Å². The first kappa shape index (κ1) is 11.8. The molecule has 0 saturated carbocycles. The molecule has 0 aliphatic carbocycles. The maximum Gasteiger partial charge on any atom is 0.222 e. The summed E-state index contributed by atoms with van der Waals surface area (Å²) in [6.45, 7) is 1.86. The van der Waals surface area contributed by atoms with Crippen LogP contribution in [0.25, 0.3) is 11.3 Å². The molecule has 2 aromatic rings. The Kier molecular flexibility index (Phi) is 3.24. The van der Waals surface area contributed by atoms with Gasteiger partial charge in [-0.1, -0.05) is 11.6 Å². The Hall–Kier alpha value is -1.68. The van der Waals surface area contributed by atoms with Crippen molar-refractivity contribution in [2.45, 2.75) is 6.92 Å². The molecular formula is C12H11ClFN3. The van der Waals surface area contributed by atoms with Crippen molar-refractivity contribution < 1.29 is 4.39 Å². The van der Waals surface area contributed by atoms with Gasteiger partial charge in [-0.3, -0.25) is 0 Å². The third kappa shape index (κ3) is 2.36. The number of nitrogens with one attached hydrogen (secondary N) is 1. The molecule has 0 saturated heterocycles. The van der Waals surface area contributed by atoms with Crippen LogP contribution in [-0.2, 0) is 0 Å². The molecule has 0 unspecified atom stereocenters. The van der Waals surface area contributed by atoms with Crippen molar-refractivity contribution in [3.8, 4) is 11.3 Å². The molecule has 3 nitrogen and oxygen atoms in total.